The van der Waals surface area contributed by atoms with Gasteiger partial charge < -0.3 is 14.8 Å². The molecular formula is C17H18FNO2. The third-order valence-electron chi connectivity index (χ3n) is 3.88. The van der Waals surface area contributed by atoms with Crippen LogP contribution in [0.15, 0.2) is 36.4 Å². The van der Waals surface area contributed by atoms with Crippen molar-refractivity contribution < 1.29 is 13.9 Å². The van der Waals surface area contributed by atoms with Gasteiger partial charge in [-0.2, -0.15) is 0 Å². The topological polar surface area (TPSA) is 30.5 Å². The number of ether oxygens (including phenoxy) is 2. The van der Waals surface area contributed by atoms with E-state index in [0.717, 1.165) is 11.1 Å². The summed E-state index contributed by atoms with van der Waals surface area (Å²) in [5, 5.41) is 3.28. The number of fused-ring (bicyclic) bond motifs is 1. The summed E-state index contributed by atoms with van der Waals surface area (Å²) in [7, 11) is 3.37. The Bertz CT molecular complexity index is 646. The lowest BCUT2D eigenvalue weighted by Crippen LogP contribution is -2.18. The van der Waals surface area contributed by atoms with Gasteiger partial charge in [0.2, 0.25) is 0 Å². The summed E-state index contributed by atoms with van der Waals surface area (Å²) in [6.07, 6.45) is 0. The van der Waals surface area contributed by atoms with Crippen LogP contribution in [0.1, 0.15) is 28.3 Å². The number of rotatable bonds is 4. The van der Waals surface area contributed by atoms with Crippen molar-refractivity contribution in [2.24, 2.45) is 0 Å². The standard InChI is InChI=1S/C17H18FNO2/c1-19-17(12-5-6-15(18)16(8-12)20-2)11-3-4-13-9-21-10-14(13)7-11/h3-8,17,19H,9-10H2,1-2H3. The highest BCUT2D eigenvalue weighted by Crippen LogP contribution is 2.29. The molecule has 0 radical (unpaired) electrons. The minimum absolute atomic E-state index is 0.00889. The van der Waals surface area contributed by atoms with Crippen molar-refractivity contribution in [3.63, 3.8) is 0 Å². The zero-order valence-electron chi connectivity index (χ0n) is 12.2. The van der Waals surface area contributed by atoms with E-state index in [1.807, 2.05) is 7.05 Å². The number of benzene rings is 2. The van der Waals surface area contributed by atoms with Crippen LogP contribution in [0.3, 0.4) is 0 Å². The van der Waals surface area contributed by atoms with Crippen LogP contribution in [-0.2, 0) is 18.0 Å². The van der Waals surface area contributed by atoms with Gasteiger partial charge in [0, 0.05) is 0 Å². The average molecular weight is 287 g/mol. The summed E-state index contributed by atoms with van der Waals surface area (Å²) in [5.74, 6) is -0.0873. The van der Waals surface area contributed by atoms with Gasteiger partial charge in [0.15, 0.2) is 11.6 Å². The van der Waals surface area contributed by atoms with E-state index in [0.29, 0.717) is 13.2 Å². The number of methoxy groups -OCH3 is 1. The molecular weight excluding hydrogens is 269 g/mol. The van der Waals surface area contributed by atoms with Crippen LogP contribution >= 0.6 is 0 Å². The molecule has 1 aliphatic heterocycles. The smallest absolute Gasteiger partial charge is 0.165 e. The van der Waals surface area contributed by atoms with Gasteiger partial charge in [0.25, 0.3) is 0 Å². The molecule has 1 aliphatic rings. The van der Waals surface area contributed by atoms with E-state index in [1.165, 1.54) is 24.3 Å². The van der Waals surface area contributed by atoms with Crippen molar-refractivity contribution in [2.75, 3.05) is 14.2 Å². The highest BCUT2D eigenvalue weighted by molar-refractivity contribution is 5.41. The first kappa shape index (κ1) is 14.0. The maximum absolute atomic E-state index is 13.6. The molecule has 3 nitrogen and oxygen atoms in total. The van der Waals surface area contributed by atoms with E-state index in [2.05, 4.69) is 23.5 Å². The first-order valence-corrected chi connectivity index (χ1v) is 6.93. The van der Waals surface area contributed by atoms with Gasteiger partial charge in [-0.1, -0.05) is 24.3 Å². The van der Waals surface area contributed by atoms with Crippen molar-refractivity contribution in [1.29, 1.82) is 0 Å². The van der Waals surface area contributed by atoms with Crippen molar-refractivity contribution in [3.05, 3.63) is 64.5 Å². The first-order valence-electron chi connectivity index (χ1n) is 6.93. The van der Waals surface area contributed by atoms with Gasteiger partial charge >= 0.3 is 0 Å². The summed E-state index contributed by atoms with van der Waals surface area (Å²) in [6, 6.07) is 11.3. The van der Waals surface area contributed by atoms with Gasteiger partial charge in [-0.25, -0.2) is 4.39 Å². The molecule has 1 N–H and O–H groups in total. The Kier molecular flexibility index (Phi) is 3.90. The number of nitrogens with one attached hydrogen (secondary N) is 1. The van der Waals surface area contributed by atoms with Crippen molar-refractivity contribution in [3.8, 4) is 5.75 Å². The monoisotopic (exact) mass is 287 g/mol. The van der Waals surface area contributed by atoms with Crippen LogP contribution in [0, 0.1) is 5.82 Å². The van der Waals surface area contributed by atoms with E-state index in [1.54, 1.807) is 12.1 Å². The maximum atomic E-state index is 13.6. The van der Waals surface area contributed by atoms with Crippen LogP contribution in [0.5, 0.6) is 5.75 Å². The molecule has 2 aromatic carbocycles. The largest absolute Gasteiger partial charge is 0.494 e. The van der Waals surface area contributed by atoms with E-state index >= 15 is 0 Å². The first-order chi connectivity index (χ1) is 10.2. The van der Waals surface area contributed by atoms with Crippen LogP contribution in [-0.4, -0.2) is 14.2 Å². The molecule has 0 bridgehead atoms. The Hall–Kier alpha value is -1.91. The Morgan fingerprint density at radius 1 is 1.10 bits per heavy atom. The van der Waals surface area contributed by atoms with Crippen LogP contribution in [0.4, 0.5) is 4.39 Å². The molecule has 1 unspecified atom stereocenters. The second kappa shape index (κ2) is 5.84. The maximum Gasteiger partial charge on any atom is 0.165 e. The van der Waals surface area contributed by atoms with Gasteiger partial charge in [0.05, 0.1) is 26.4 Å². The van der Waals surface area contributed by atoms with Crippen molar-refractivity contribution in [2.45, 2.75) is 19.3 Å². The summed E-state index contributed by atoms with van der Waals surface area (Å²) in [4.78, 5) is 0. The number of halogens is 1. The van der Waals surface area contributed by atoms with Crippen LogP contribution < -0.4 is 10.1 Å². The fourth-order valence-electron chi connectivity index (χ4n) is 2.75. The number of hydrogen-bond acceptors (Lipinski definition) is 3. The third kappa shape index (κ3) is 2.64. The third-order valence-corrected chi connectivity index (χ3v) is 3.88. The zero-order valence-corrected chi connectivity index (χ0v) is 12.2. The summed E-state index contributed by atoms with van der Waals surface area (Å²) in [6.45, 7) is 1.34. The fourth-order valence-corrected chi connectivity index (χ4v) is 2.75. The molecule has 110 valence electrons. The SMILES string of the molecule is CNC(c1ccc2c(c1)COC2)c1ccc(F)c(OC)c1. The van der Waals surface area contributed by atoms with Crippen molar-refractivity contribution >= 4 is 0 Å². The molecule has 1 atom stereocenters. The lowest BCUT2D eigenvalue weighted by molar-refractivity contribution is 0.134. The Balaban J connectivity index is 1.98. The van der Waals surface area contributed by atoms with E-state index in [9.17, 15) is 4.39 Å². The second-order valence-electron chi connectivity index (χ2n) is 5.14. The van der Waals surface area contributed by atoms with Gasteiger partial charge in [-0.15, -0.1) is 0 Å². The van der Waals surface area contributed by atoms with E-state index < -0.39 is 0 Å². The molecule has 2 aromatic rings. The van der Waals surface area contributed by atoms with Crippen molar-refractivity contribution in [1.82, 2.24) is 5.32 Å². The number of hydrogen-bond donors (Lipinski definition) is 1. The molecule has 0 saturated heterocycles. The minimum Gasteiger partial charge on any atom is -0.494 e. The minimum atomic E-state index is -0.349. The molecule has 0 fully saturated rings. The Labute approximate surface area is 123 Å². The molecule has 4 heteroatoms. The highest BCUT2D eigenvalue weighted by atomic mass is 19.1. The lowest BCUT2D eigenvalue weighted by Gasteiger charge is -2.19. The van der Waals surface area contributed by atoms with Gasteiger partial charge in [-0.3, -0.25) is 0 Å². The van der Waals surface area contributed by atoms with Gasteiger partial charge in [0.1, 0.15) is 0 Å². The zero-order chi connectivity index (χ0) is 14.8. The van der Waals surface area contributed by atoms with Crippen LogP contribution in [0.2, 0.25) is 0 Å². The lowest BCUT2D eigenvalue weighted by atomic mass is 9.95. The molecule has 3 rings (SSSR count). The summed E-state index contributed by atoms with van der Waals surface area (Å²) >= 11 is 0. The summed E-state index contributed by atoms with van der Waals surface area (Å²) < 4.78 is 24.1. The molecule has 0 saturated carbocycles. The quantitative estimate of drug-likeness (QED) is 0.937. The second-order valence-corrected chi connectivity index (χ2v) is 5.14. The van der Waals surface area contributed by atoms with Gasteiger partial charge in [-0.05, 0) is 41.4 Å². The Morgan fingerprint density at radius 3 is 2.57 bits per heavy atom. The molecule has 0 spiro atoms. The molecule has 0 aliphatic carbocycles. The predicted octanol–water partition coefficient (Wildman–Crippen LogP) is 3.17. The van der Waals surface area contributed by atoms with Crippen LogP contribution in [0.25, 0.3) is 0 Å². The molecule has 21 heavy (non-hydrogen) atoms. The molecule has 0 aromatic heterocycles. The fraction of sp³-hybridized carbons (Fsp3) is 0.294. The normalized spacial score (nSPS) is 14.8. The Morgan fingerprint density at radius 2 is 1.81 bits per heavy atom. The molecule has 1 heterocycles. The average Bonchev–Trinajstić information content (AvgIpc) is 2.97. The summed E-state index contributed by atoms with van der Waals surface area (Å²) in [5.41, 5.74) is 4.57. The highest BCUT2D eigenvalue weighted by Gasteiger charge is 2.18. The van der Waals surface area contributed by atoms with E-state index in [4.69, 9.17) is 9.47 Å². The molecule has 0 amide bonds. The van der Waals surface area contributed by atoms with E-state index in [-0.39, 0.29) is 17.6 Å². The predicted molar refractivity (Wildman–Crippen MR) is 78.8 cm³/mol.